The Bertz CT molecular complexity index is 537. The van der Waals surface area contributed by atoms with Gasteiger partial charge < -0.3 is 10.1 Å². The summed E-state index contributed by atoms with van der Waals surface area (Å²) in [6.07, 6.45) is 7.18. The van der Waals surface area contributed by atoms with Crippen molar-refractivity contribution in [2.24, 2.45) is 0 Å². The van der Waals surface area contributed by atoms with Crippen LogP contribution in [0, 0.1) is 0 Å². The summed E-state index contributed by atoms with van der Waals surface area (Å²) in [4.78, 5) is 4.36. The van der Waals surface area contributed by atoms with Crippen molar-refractivity contribution in [2.45, 2.75) is 6.42 Å². The van der Waals surface area contributed by atoms with E-state index in [1.165, 1.54) is 10.9 Å². The monoisotopic (exact) mass is 256 g/mol. The Labute approximate surface area is 114 Å². The van der Waals surface area contributed by atoms with Crippen molar-refractivity contribution in [1.29, 1.82) is 0 Å². The van der Waals surface area contributed by atoms with E-state index in [0.29, 0.717) is 0 Å². The van der Waals surface area contributed by atoms with Gasteiger partial charge in [-0.15, -0.1) is 0 Å². The summed E-state index contributed by atoms with van der Waals surface area (Å²) >= 11 is 0. The minimum Gasteiger partial charge on any atom is -0.383 e. The van der Waals surface area contributed by atoms with Crippen LogP contribution in [-0.2, 0) is 4.74 Å². The average Bonchev–Trinajstić information content (AvgIpc) is 2.46. The molecule has 2 rings (SSSR count). The van der Waals surface area contributed by atoms with Crippen LogP contribution in [0.2, 0.25) is 0 Å². The molecule has 2 aromatic rings. The molecule has 0 amide bonds. The quantitative estimate of drug-likeness (QED) is 0.773. The summed E-state index contributed by atoms with van der Waals surface area (Å²) in [7, 11) is 1.72. The zero-order valence-corrected chi connectivity index (χ0v) is 11.3. The van der Waals surface area contributed by atoms with E-state index in [-0.39, 0.29) is 0 Å². The summed E-state index contributed by atoms with van der Waals surface area (Å²) in [5.74, 6) is 0. The van der Waals surface area contributed by atoms with Gasteiger partial charge in [0.15, 0.2) is 0 Å². The number of methoxy groups -OCH3 is 1. The molecule has 0 unspecified atom stereocenters. The van der Waals surface area contributed by atoms with Crippen LogP contribution < -0.4 is 5.32 Å². The number of hydrogen-bond acceptors (Lipinski definition) is 3. The number of nitrogens with zero attached hydrogens (tertiary/aromatic N) is 1. The number of hydrogen-bond donors (Lipinski definition) is 1. The second-order valence-electron chi connectivity index (χ2n) is 4.39. The molecule has 100 valence electrons. The summed E-state index contributed by atoms with van der Waals surface area (Å²) < 4.78 is 4.97. The van der Waals surface area contributed by atoms with Gasteiger partial charge in [-0.1, -0.05) is 30.4 Å². The number of fused-ring (bicyclic) bond motifs is 1. The highest BCUT2D eigenvalue weighted by molar-refractivity contribution is 5.80. The van der Waals surface area contributed by atoms with Crippen LogP contribution in [0.5, 0.6) is 0 Å². The molecule has 0 bridgehead atoms. The molecule has 1 aromatic heterocycles. The molecule has 0 fully saturated rings. The fraction of sp³-hybridized carbons (Fsp3) is 0.312. The zero-order chi connectivity index (χ0) is 13.3. The third-order valence-electron chi connectivity index (χ3n) is 2.91. The van der Waals surface area contributed by atoms with E-state index in [0.717, 1.165) is 31.6 Å². The van der Waals surface area contributed by atoms with E-state index in [4.69, 9.17) is 4.74 Å². The molecular weight excluding hydrogens is 236 g/mol. The molecule has 0 saturated heterocycles. The van der Waals surface area contributed by atoms with Gasteiger partial charge in [0.25, 0.3) is 0 Å². The Balaban J connectivity index is 1.83. The van der Waals surface area contributed by atoms with Crippen LogP contribution in [0.4, 0.5) is 0 Å². The zero-order valence-electron chi connectivity index (χ0n) is 11.3. The van der Waals surface area contributed by atoms with Gasteiger partial charge >= 0.3 is 0 Å². The minimum absolute atomic E-state index is 0.764. The Morgan fingerprint density at radius 3 is 3.11 bits per heavy atom. The van der Waals surface area contributed by atoms with Gasteiger partial charge in [0, 0.05) is 25.2 Å². The summed E-state index contributed by atoms with van der Waals surface area (Å²) in [6, 6.07) is 10.4. The first kappa shape index (κ1) is 13.7. The van der Waals surface area contributed by atoms with E-state index in [1.807, 2.05) is 12.3 Å². The summed E-state index contributed by atoms with van der Waals surface area (Å²) in [6.45, 7) is 2.65. The maximum absolute atomic E-state index is 4.97. The number of nitrogens with one attached hydrogen (secondary N) is 1. The highest BCUT2D eigenvalue weighted by atomic mass is 16.5. The number of aromatic nitrogens is 1. The van der Waals surface area contributed by atoms with Gasteiger partial charge in [-0.3, -0.25) is 4.98 Å². The molecule has 0 spiro atoms. The Hall–Kier alpha value is -1.71. The molecule has 3 nitrogen and oxygen atoms in total. The van der Waals surface area contributed by atoms with E-state index >= 15 is 0 Å². The molecule has 0 saturated carbocycles. The molecule has 0 aliphatic heterocycles. The Morgan fingerprint density at radius 1 is 1.26 bits per heavy atom. The predicted octanol–water partition coefficient (Wildman–Crippen LogP) is 2.87. The highest BCUT2D eigenvalue weighted by Crippen LogP contribution is 2.14. The maximum atomic E-state index is 4.97. The Morgan fingerprint density at radius 2 is 2.21 bits per heavy atom. The molecule has 0 aliphatic rings. The predicted molar refractivity (Wildman–Crippen MR) is 80.1 cm³/mol. The number of pyridine rings is 1. The van der Waals surface area contributed by atoms with Crippen LogP contribution in [0.3, 0.4) is 0 Å². The fourth-order valence-electron chi connectivity index (χ4n) is 1.89. The first-order valence-corrected chi connectivity index (χ1v) is 6.61. The van der Waals surface area contributed by atoms with Crippen LogP contribution in [-0.4, -0.2) is 31.8 Å². The van der Waals surface area contributed by atoms with Gasteiger partial charge in [-0.2, -0.15) is 0 Å². The number of ether oxygens (including phenoxy) is 1. The number of benzene rings is 1. The topological polar surface area (TPSA) is 34.1 Å². The van der Waals surface area contributed by atoms with E-state index in [9.17, 15) is 0 Å². The van der Waals surface area contributed by atoms with E-state index in [1.54, 1.807) is 7.11 Å². The average molecular weight is 256 g/mol. The number of rotatable bonds is 7. The molecule has 3 heteroatoms. The largest absolute Gasteiger partial charge is 0.383 e. The maximum Gasteiger partial charge on any atom is 0.0707 e. The van der Waals surface area contributed by atoms with Crippen molar-refractivity contribution in [2.75, 3.05) is 26.8 Å². The second-order valence-corrected chi connectivity index (χ2v) is 4.39. The van der Waals surface area contributed by atoms with Crippen LogP contribution in [0.1, 0.15) is 12.0 Å². The molecule has 0 atom stereocenters. The lowest BCUT2D eigenvalue weighted by Crippen LogP contribution is -2.19. The van der Waals surface area contributed by atoms with Crippen LogP contribution >= 0.6 is 0 Å². The van der Waals surface area contributed by atoms with Crippen LogP contribution in [0.15, 0.2) is 42.6 Å². The lowest BCUT2D eigenvalue weighted by atomic mass is 10.1. The highest BCUT2D eigenvalue weighted by Gasteiger charge is 1.93. The van der Waals surface area contributed by atoms with Crippen molar-refractivity contribution in [1.82, 2.24) is 10.3 Å². The molecule has 0 aliphatic carbocycles. The fourth-order valence-corrected chi connectivity index (χ4v) is 1.89. The SMILES string of the molecule is COCCNCC/C=C/c1ccc2cccnc2c1. The smallest absolute Gasteiger partial charge is 0.0707 e. The molecular formula is C16H20N2O. The van der Waals surface area contributed by atoms with Crippen molar-refractivity contribution in [3.05, 3.63) is 48.2 Å². The van der Waals surface area contributed by atoms with Gasteiger partial charge in [0.05, 0.1) is 12.1 Å². The van der Waals surface area contributed by atoms with Gasteiger partial charge in [-0.25, -0.2) is 0 Å². The Kier molecular flexibility index (Phi) is 5.53. The molecule has 1 heterocycles. The lowest BCUT2D eigenvalue weighted by molar-refractivity contribution is 0.199. The van der Waals surface area contributed by atoms with Crippen molar-refractivity contribution in [3.8, 4) is 0 Å². The third kappa shape index (κ3) is 4.47. The summed E-state index contributed by atoms with van der Waals surface area (Å²) in [5, 5.41) is 4.49. The lowest BCUT2D eigenvalue weighted by Gasteiger charge is -2.01. The van der Waals surface area contributed by atoms with E-state index in [2.05, 4.69) is 46.7 Å². The van der Waals surface area contributed by atoms with E-state index < -0.39 is 0 Å². The standard InChI is InChI=1S/C16H20N2O/c1-19-12-11-17-9-3-2-5-14-7-8-15-6-4-10-18-16(15)13-14/h2,4-8,10,13,17H,3,9,11-12H2,1H3/b5-2+. The van der Waals surface area contributed by atoms with Gasteiger partial charge in [0.2, 0.25) is 0 Å². The van der Waals surface area contributed by atoms with Crippen molar-refractivity contribution in [3.63, 3.8) is 0 Å². The molecule has 1 aromatic carbocycles. The second kappa shape index (κ2) is 7.67. The normalized spacial score (nSPS) is 11.4. The molecule has 1 N–H and O–H groups in total. The van der Waals surface area contributed by atoms with Crippen molar-refractivity contribution >= 4 is 17.0 Å². The van der Waals surface area contributed by atoms with Crippen LogP contribution in [0.25, 0.3) is 17.0 Å². The minimum atomic E-state index is 0.764. The first-order valence-electron chi connectivity index (χ1n) is 6.61. The first-order chi connectivity index (χ1) is 9.40. The third-order valence-corrected chi connectivity index (χ3v) is 2.91. The summed E-state index contributed by atoms with van der Waals surface area (Å²) in [5.41, 5.74) is 2.24. The molecule has 0 radical (unpaired) electrons. The van der Waals surface area contributed by atoms with Gasteiger partial charge in [-0.05, 0) is 30.7 Å². The van der Waals surface area contributed by atoms with Gasteiger partial charge in [0.1, 0.15) is 0 Å². The van der Waals surface area contributed by atoms with Crippen molar-refractivity contribution < 1.29 is 4.74 Å². The molecule has 19 heavy (non-hydrogen) atoms.